The number of fused-ring (bicyclic) bond motifs is 1. The van der Waals surface area contributed by atoms with E-state index in [0.29, 0.717) is 23.3 Å². The second-order valence-corrected chi connectivity index (χ2v) is 6.50. The molecule has 126 valence electrons. The molecule has 2 N–H and O–H groups in total. The average molecular weight is 363 g/mol. The zero-order valence-electron chi connectivity index (χ0n) is 13.6. The van der Waals surface area contributed by atoms with E-state index in [2.05, 4.69) is 10.6 Å². The quantitative estimate of drug-likeness (QED) is 0.789. The molecule has 0 unspecified atom stereocenters. The highest BCUT2D eigenvalue weighted by molar-refractivity contribution is 7.80. The summed E-state index contributed by atoms with van der Waals surface area (Å²) >= 11 is 11.5. The maximum Gasteiger partial charge on any atom is 0.171 e. The Bertz CT molecular complexity index is 767. The molecule has 1 atom stereocenters. The van der Waals surface area contributed by atoms with Crippen molar-refractivity contribution in [1.82, 2.24) is 5.32 Å². The number of benzene rings is 2. The van der Waals surface area contributed by atoms with Crippen LogP contribution in [0.3, 0.4) is 0 Å². The van der Waals surface area contributed by atoms with Crippen molar-refractivity contribution in [1.29, 1.82) is 0 Å². The summed E-state index contributed by atoms with van der Waals surface area (Å²) in [7, 11) is 0. The van der Waals surface area contributed by atoms with Gasteiger partial charge in [0.25, 0.3) is 0 Å². The number of hydrogen-bond acceptors (Lipinski definition) is 3. The number of halogens is 1. The molecule has 24 heavy (non-hydrogen) atoms. The van der Waals surface area contributed by atoms with Crippen molar-refractivity contribution in [3.8, 4) is 11.5 Å². The molecule has 0 bridgehead atoms. The molecule has 4 nitrogen and oxygen atoms in total. The van der Waals surface area contributed by atoms with Crippen molar-refractivity contribution in [3.05, 3.63) is 52.5 Å². The molecule has 1 heterocycles. The van der Waals surface area contributed by atoms with Gasteiger partial charge in [-0.25, -0.2) is 0 Å². The standard InChI is InChI=1S/C18H19ClN2O2S/c1-11-3-5-14(10-15(11)19)21-18(24)20-12(2)13-4-6-16-17(9-13)23-8-7-22-16/h3-6,9-10,12H,7-8H2,1-2H3,(H2,20,21,24)/t12-/m1/s1. The molecule has 0 amide bonds. The molecule has 0 saturated carbocycles. The summed E-state index contributed by atoms with van der Waals surface area (Å²) in [5, 5.41) is 7.67. The molecule has 0 aliphatic carbocycles. The van der Waals surface area contributed by atoms with Gasteiger partial charge in [-0.15, -0.1) is 0 Å². The summed E-state index contributed by atoms with van der Waals surface area (Å²) < 4.78 is 11.2. The van der Waals surface area contributed by atoms with E-state index < -0.39 is 0 Å². The van der Waals surface area contributed by atoms with Gasteiger partial charge in [0.2, 0.25) is 0 Å². The summed E-state index contributed by atoms with van der Waals surface area (Å²) in [6.45, 7) is 5.17. The predicted octanol–water partition coefficient (Wildman–Crippen LogP) is 4.47. The van der Waals surface area contributed by atoms with E-state index in [1.54, 1.807) is 0 Å². The molecule has 1 aliphatic rings. The Kier molecular flexibility index (Phi) is 5.11. The first-order valence-corrected chi connectivity index (χ1v) is 8.55. The third-order valence-corrected chi connectivity index (χ3v) is 4.47. The fourth-order valence-corrected chi connectivity index (χ4v) is 2.92. The van der Waals surface area contributed by atoms with Crippen LogP contribution in [0.2, 0.25) is 5.02 Å². The Balaban J connectivity index is 1.64. The normalized spacial score (nSPS) is 14.0. The Morgan fingerprint density at radius 2 is 1.88 bits per heavy atom. The molecule has 0 saturated heterocycles. The first kappa shape index (κ1) is 16.9. The largest absolute Gasteiger partial charge is 0.486 e. The molecule has 1 aliphatic heterocycles. The third kappa shape index (κ3) is 3.91. The molecule has 3 rings (SSSR count). The number of rotatable bonds is 3. The van der Waals surface area contributed by atoms with Gasteiger partial charge >= 0.3 is 0 Å². The van der Waals surface area contributed by atoms with Crippen molar-refractivity contribution < 1.29 is 9.47 Å². The topological polar surface area (TPSA) is 42.5 Å². The molecule has 0 fully saturated rings. The van der Waals surface area contributed by atoms with Gasteiger partial charge in [-0.1, -0.05) is 23.7 Å². The van der Waals surface area contributed by atoms with Crippen LogP contribution >= 0.6 is 23.8 Å². The van der Waals surface area contributed by atoms with E-state index in [0.717, 1.165) is 28.3 Å². The van der Waals surface area contributed by atoms with Crippen LogP contribution in [0.1, 0.15) is 24.1 Å². The summed E-state index contributed by atoms with van der Waals surface area (Å²) in [4.78, 5) is 0. The lowest BCUT2D eigenvalue weighted by Crippen LogP contribution is -2.31. The predicted molar refractivity (Wildman–Crippen MR) is 101 cm³/mol. The highest BCUT2D eigenvalue weighted by Gasteiger charge is 2.15. The zero-order chi connectivity index (χ0) is 17.1. The maximum atomic E-state index is 6.14. The zero-order valence-corrected chi connectivity index (χ0v) is 15.1. The van der Waals surface area contributed by atoms with Gasteiger partial charge in [0, 0.05) is 10.7 Å². The van der Waals surface area contributed by atoms with Crippen molar-refractivity contribution in [2.45, 2.75) is 19.9 Å². The molecule has 2 aromatic carbocycles. The van der Waals surface area contributed by atoms with Gasteiger partial charge in [-0.05, 0) is 61.5 Å². The number of thiocarbonyl (C=S) groups is 1. The van der Waals surface area contributed by atoms with E-state index in [1.807, 2.05) is 50.2 Å². The van der Waals surface area contributed by atoms with Crippen molar-refractivity contribution >= 4 is 34.6 Å². The molecular weight excluding hydrogens is 344 g/mol. The Morgan fingerprint density at radius 1 is 1.12 bits per heavy atom. The third-order valence-electron chi connectivity index (χ3n) is 3.84. The fraction of sp³-hybridized carbons (Fsp3) is 0.278. The first-order chi connectivity index (χ1) is 11.5. The second-order valence-electron chi connectivity index (χ2n) is 5.69. The van der Waals surface area contributed by atoms with Crippen molar-refractivity contribution in [2.75, 3.05) is 18.5 Å². The van der Waals surface area contributed by atoms with Crippen LogP contribution in [0.5, 0.6) is 11.5 Å². The number of aryl methyl sites for hydroxylation is 1. The molecule has 0 spiro atoms. The number of anilines is 1. The van der Waals surface area contributed by atoms with Crippen LogP contribution in [0.25, 0.3) is 0 Å². The second kappa shape index (κ2) is 7.28. The van der Waals surface area contributed by atoms with Crippen molar-refractivity contribution in [3.63, 3.8) is 0 Å². The van der Waals surface area contributed by atoms with Crippen LogP contribution in [0.4, 0.5) is 5.69 Å². The summed E-state index contributed by atoms with van der Waals surface area (Å²) in [5.41, 5.74) is 2.97. The van der Waals surface area contributed by atoms with E-state index in [4.69, 9.17) is 33.3 Å². The van der Waals surface area contributed by atoms with Crippen LogP contribution in [-0.4, -0.2) is 18.3 Å². The summed E-state index contributed by atoms with van der Waals surface area (Å²) in [5.74, 6) is 1.56. The minimum atomic E-state index is 0.0294. The minimum absolute atomic E-state index is 0.0294. The van der Waals surface area contributed by atoms with Crippen LogP contribution < -0.4 is 20.1 Å². The summed E-state index contributed by atoms with van der Waals surface area (Å²) in [6, 6.07) is 11.7. The molecular formula is C18H19ClN2O2S. The van der Waals surface area contributed by atoms with E-state index in [-0.39, 0.29) is 6.04 Å². The van der Waals surface area contributed by atoms with E-state index in [1.165, 1.54) is 0 Å². The fourth-order valence-electron chi connectivity index (χ4n) is 2.45. The summed E-state index contributed by atoms with van der Waals surface area (Å²) in [6.07, 6.45) is 0. The first-order valence-electron chi connectivity index (χ1n) is 7.76. The smallest absolute Gasteiger partial charge is 0.171 e. The van der Waals surface area contributed by atoms with E-state index >= 15 is 0 Å². The molecule has 0 aromatic heterocycles. The average Bonchev–Trinajstić information content (AvgIpc) is 2.57. The van der Waals surface area contributed by atoms with Crippen LogP contribution in [0, 0.1) is 6.92 Å². The minimum Gasteiger partial charge on any atom is -0.486 e. The highest BCUT2D eigenvalue weighted by Crippen LogP contribution is 2.32. The molecule has 2 aromatic rings. The lowest BCUT2D eigenvalue weighted by atomic mass is 10.1. The number of ether oxygens (including phenoxy) is 2. The lowest BCUT2D eigenvalue weighted by molar-refractivity contribution is 0.171. The van der Waals surface area contributed by atoms with Gasteiger partial charge in [-0.2, -0.15) is 0 Å². The van der Waals surface area contributed by atoms with Gasteiger partial charge in [0.15, 0.2) is 16.6 Å². The lowest BCUT2D eigenvalue weighted by Gasteiger charge is -2.22. The Hall–Kier alpha value is -1.98. The maximum absolute atomic E-state index is 6.14. The van der Waals surface area contributed by atoms with Gasteiger partial charge in [0.1, 0.15) is 13.2 Å². The van der Waals surface area contributed by atoms with E-state index in [9.17, 15) is 0 Å². The van der Waals surface area contributed by atoms with Gasteiger partial charge in [0.05, 0.1) is 6.04 Å². The highest BCUT2D eigenvalue weighted by atomic mass is 35.5. The SMILES string of the molecule is Cc1ccc(NC(=S)N[C@H](C)c2ccc3c(c2)OCCO3)cc1Cl. The Labute approximate surface area is 152 Å². The van der Waals surface area contributed by atoms with Gasteiger partial charge in [-0.3, -0.25) is 0 Å². The number of nitrogens with one attached hydrogen (secondary N) is 2. The van der Waals surface area contributed by atoms with Crippen LogP contribution in [0.15, 0.2) is 36.4 Å². The monoisotopic (exact) mass is 362 g/mol. The molecule has 0 radical (unpaired) electrons. The Morgan fingerprint density at radius 3 is 2.62 bits per heavy atom. The molecule has 6 heteroatoms. The van der Waals surface area contributed by atoms with Crippen molar-refractivity contribution in [2.24, 2.45) is 0 Å². The van der Waals surface area contributed by atoms with Crippen LogP contribution in [-0.2, 0) is 0 Å². The number of hydrogen-bond donors (Lipinski definition) is 2. The van der Waals surface area contributed by atoms with Gasteiger partial charge < -0.3 is 20.1 Å².